The Morgan fingerprint density at radius 1 is 1.33 bits per heavy atom. The summed E-state index contributed by atoms with van der Waals surface area (Å²) >= 11 is 5.77. The number of nitrogen functional groups attached to an aromatic ring is 1. The smallest absolute Gasteiger partial charge is 0.219 e. The molecule has 1 aromatic carbocycles. The van der Waals surface area contributed by atoms with Crippen LogP contribution in [0.3, 0.4) is 0 Å². The fraction of sp³-hybridized carbons (Fsp3) is 0.0714. The Morgan fingerprint density at radius 3 is 2.83 bits per heavy atom. The van der Waals surface area contributed by atoms with Gasteiger partial charge in [0.1, 0.15) is 5.75 Å². The van der Waals surface area contributed by atoms with Crippen LogP contribution in [-0.2, 0) is 6.42 Å². The topological polar surface area (TPSA) is 48.1 Å². The first-order valence-corrected chi connectivity index (χ1v) is 5.85. The van der Waals surface area contributed by atoms with Crippen LogP contribution in [0.4, 0.5) is 5.69 Å². The number of ether oxygens (including phenoxy) is 1. The molecule has 4 heteroatoms. The van der Waals surface area contributed by atoms with E-state index in [2.05, 4.69) is 11.6 Å². The third-order valence-corrected chi connectivity index (χ3v) is 2.59. The van der Waals surface area contributed by atoms with Gasteiger partial charge in [-0.3, -0.25) is 0 Å². The van der Waals surface area contributed by atoms with Crippen molar-refractivity contribution in [1.82, 2.24) is 4.98 Å². The van der Waals surface area contributed by atoms with Crippen molar-refractivity contribution < 1.29 is 4.74 Å². The molecule has 0 atom stereocenters. The molecule has 2 rings (SSSR count). The van der Waals surface area contributed by atoms with Crippen molar-refractivity contribution in [3.63, 3.8) is 0 Å². The summed E-state index contributed by atoms with van der Waals surface area (Å²) in [7, 11) is 0. The molecule has 0 saturated carbocycles. The van der Waals surface area contributed by atoms with Gasteiger partial charge >= 0.3 is 0 Å². The van der Waals surface area contributed by atoms with Crippen molar-refractivity contribution in [3.05, 3.63) is 59.8 Å². The van der Waals surface area contributed by atoms with Crippen LogP contribution in [0.25, 0.3) is 0 Å². The van der Waals surface area contributed by atoms with E-state index in [-0.39, 0.29) is 0 Å². The number of aromatic nitrogens is 1. The van der Waals surface area contributed by atoms with Crippen LogP contribution in [-0.4, -0.2) is 4.98 Å². The number of hydrogen-bond acceptors (Lipinski definition) is 3. The first-order valence-electron chi connectivity index (χ1n) is 5.48. The van der Waals surface area contributed by atoms with E-state index in [0.29, 0.717) is 23.0 Å². The van der Waals surface area contributed by atoms with Crippen LogP contribution in [0.5, 0.6) is 11.6 Å². The van der Waals surface area contributed by atoms with Crippen LogP contribution in [0.15, 0.2) is 49.2 Å². The number of nitrogens with zero attached hydrogens (tertiary/aromatic N) is 1. The Bertz CT molecular complexity index is 552. The molecule has 0 amide bonds. The zero-order valence-electron chi connectivity index (χ0n) is 9.77. The van der Waals surface area contributed by atoms with Gasteiger partial charge in [0.15, 0.2) is 0 Å². The molecule has 0 saturated heterocycles. The van der Waals surface area contributed by atoms with Gasteiger partial charge in [0, 0.05) is 23.5 Å². The van der Waals surface area contributed by atoms with Crippen molar-refractivity contribution in [2.75, 3.05) is 5.73 Å². The molecule has 0 spiro atoms. The zero-order valence-corrected chi connectivity index (χ0v) is 10.5. The molecule has 92 valence electrons. The second-order valence-electron chi connectivity index (χ2n) is 3.78. The third kappa shape index (κ3) is 3.02. The lowest BCUT2D eigenvalue weighted by molar-refractivity contribution is 0.458. The Kier molecular flexibility index (Phi) is 3.85. The van der Waals surface area contributed by atoms with Crippen molar-refractivity contribution >= 4 is 17.3 Å². The van der Waals surface area contributed by atoms with Crippen molar-refractivity contribution in [2.24, 2.45) is 0 Å². The number of hydrogen-bond donors (Lipinski definition) is 1. The molecule has 0 bridgehead atoms. The second kappa shape index (κ2) is 5.56. The van der Waals surface area contributed by atoms with E-state index in [4.69, 9.17) is 22.1 Å². The fourth-order valence-electron chi connectivity index (χ4n) is 1.55. The van der Waals surface area contributed by atoms with Gasteiger partial charge in [-0.05, 0) is 30.7 Å². The van der Waals surface area contributed by atoms with Gasteiger partial charge in [-0.25, -0.2) is 4.98 Å². The van der Waals surface area contributed by atoms with Gasteiger partial charge in [-0.15, -0.1) is 6.58 Å². The summed E-state index contributed by atoms with van der Waals surface area (Å²) < 4.78 is 5.70. The normalized spacial score (nSPS) is 10.1. The Morgan fingerprint density at radius 2 is 2.17 bits per heavy atom. The number of anilines is 1. The molecule has 1 aromatic heterocycles. The molecule has 18 heavy (non-hydrogen) atoms. The molecule has 0 fully saturated rings. The van der Waals surface area contributed by atoms with E-state index in [9.17, 15) is 0 Å². The monoisotopic (exact) mass is 260 g/mol. The average Bonchev–Trinajstić information content (AvgIpc) is 2.36. The summed E-state index contributed by atoms with van der Waals surface area (Å²) in [5.74, 6) is 1.22. The highest BCUT2D eigenvalue weighted by Gasteiger charge is 2.05. The van der Waals surface area contributed by atoms with E-state index >= 15 is 0 Å². The Balaban J connectivity index is 2.27. The third-order valence-electron chi connectivity index (χ3n) is 2.36. The maximum absolute atomic E-state index is 5.77. The summed E-state index contributed by atoms with van der Waals surface area (Å²) in [5.41, 5.74) is 7.42. The van der Waals surface area contributed by atoms with E-state index in [1.54, 1.807) is 30.5 Å². The lowest BCUT2D eigenvalue weighted by Gasteiger charge is -2.10. The minimum Gasteiger partial charge on any atom is -0.439 e. The van der Waals surface area contributed by atoms with Crippen LogP contribution in [0.2, 0.25) is 5.02 Å². The molecule has 0 unspecified atom stereocenters. The summed E-state index contributed by atoms with van der Waals surface area (Å²) in [6.45, 7) is 3.72. The maximum Gasteiger partial charge on any atom is 0.219 e. The SMILES string of the molecule is C=CCc1cc(N)ccc1Oc1ccc(Cl)cn1. The summed E-state index contributed by atoms with van der Waals surface area (Å²) in [6.07, 6.45) is 4.03. The largest absolute Gasteiger partial charge is 0.439 e. The number of nitrogens with two attached hydrogens (primary N) is 1. The summed E-state index contributed by atoms with van der Waals surface area (Å²) in [6, 6.07) is 8.93. The Labute approximate surface area is 111 Å². The van der Waals surface area contributed by atoms with Crippen LogP contribution in [0, 0.1) is 0 Å². The fourth-order valence-corrected chi connectivity index (χ4v) is 1.66. The van der Waals surface area contributed by atoms with Gasteiger partial charge in [-0.1, -0.05) is 17.7 Å². The van der Waals surface area contributed by atoms with Crippen LogP contribution >= 0.6 is 11.6 Å². The number of pyridine rings is 1. The van der Waals surface area contributed by atoms with Crippen LogP contribution < -0.4 is 10.5 Å². The van der Waals surface area contributed by atoms with Crippen molar-refractivity contribution in [3.8, 4) is 11.6 Å². The molecular weight excluding hydrogens is 248 g/mol. The molecule has 3 nitrogen and oxygen atoms in total. The lowest BCUT2D eigenvalue weighted by atomic mass is 10.1. The van der Waals surface area contributed by atoms with Gasteiger partial charge in [0.2, 0.25) is 5.88 Å². The molecule has 0 aliphatic rings. The average molecular weight is 261 g/mol. The van der Waals surface area contributed by atoms with E-state index in [1.807, 2.05) is 12.1 Å². The Hall–Kier alpha value is -2.00. The van der Waals surface area contributed by atoms with Gasteiger partial charge in [0.05, 0.1) is 5.02 Å². The molecule has 0 aliphatic carbocycles. The summed E-state index contributed by atoms with van der Waals surface area (Å²) in [5, 5.41) is 0.575. The van der Waals surface area contributed by atoms with Crippen LogP contribution in [0.1, 0.15) is 5.56 Å². The predicted octanol–water partition coefficient (Wildman–Crippen LogP) is 3.84. The lowest BCUT2D eigenvalue weighted by Crippen LogP contribution is -1.94. The van der Waals surface area contributed by atoms with E-state index < -0.39 is 0 Å². The predicted molar refractivity (Wildman–Crippen MR) is 74.1 cm³/mol. The van der Waals surface area contributed by atoms with Gasteiger partial charge in [0.25, 0.3) is 0 Å². The van der Waals surface area contributed by atoms with Crippen molar-refractivity contribution in [2.45, 2.75) is 6.42 Å². The minimum absolute atomic E-state index is 0.495. The quantitative estimate of drug-likeness (QED) is 0.671. The standard InChI is InChI=1S/C14H13ClN2O/c1-2-3-10-8-12(16)5-6-13(10)18-14-7-4-11(15)9-17-14/h2,4-9H,1,3,16H2. The van der Waals surface area contributed by atoms with Gasteiger partial charge in [-0.2, -0.15) is 0 Å². The highest BCUT2D eigenvalue weighted by atomic mass is 35.5. The van der Waals surface area contributed by atoms with E-state index in [0.717, 1.165) is 11.3 Å². The number of rotatable bonds is 4. The number of halogens is 1. The molecular formula is C14H13ClN2O. The highest BCUT2D eigenvalue weighted by molar-refractivity contribution is 6.30. The number of benzene rings is 1. The summed E-state index contributed by atoms with van der Waals surface area (Å²) in [4.78, 5) is 4.09. The maximum atomic E-state index is 5.77. The first-order chi connectivity index (χ1) is 8.69. The zero-order chi connectivity index (χ0) is 13.0. The van der Waals surface area contributed by atoms with Gasteiger partial charge < -0.3 is 10.5 Å². The highest BCUT2D eigenvalue weighted by Crippen LogP contribution is 2.27. The molecule has 2 aromatic rings. The molecule has 2 N–H and O–H groups in total. The number of allylic oxidation sites excluding steroid dienone is 1. The molecule has 0 radical (unpaired) electrons. The second-order valence-corrected chi connectivity index (χ2v) is 4.21. The molecule has 0 aliphatic heterocycles. The first kappa shape index (κ1) is 12.5. The van der Waals surface area contributed by atoms with Crippen molar-refractivity contribution in [1.29, 1.82) is 0 Å². The minimum atomic E-state index is 0.495. The van der Waals surface area contributed by atoms with E-state index in [1.165, 1.54) is 0 Å². The molecule has 1 heterocycles.